The number of nitrogens with one attached hydrogen (secondary N) is 2. The van der Waals surface area contributed by atoms with Gasteiger partial charge >= 0.3 is 0 Å². The Labute approximate surface area is 135 Å². The molecular weight excluding hydrogens is 316 g/mol. The highest BCUT2D eigenvalue weighted by Gasteiger charge is 2.15. The molecule has 0 saturated heterocycles. The maximum atomic E-state index is 12.4. The third-order valence-corrected chi connectivity index (χ3v) is 4.71. The van der Waals surface area contributed by atoms with Crippen LogP contribution in [0.4, 0.5) is 11.4 Å². The van der Waals surface area contributed by atoms with Crippen molar-refractivity contribution in [3.05, 3.63) is 53.6 Å². The van der Waals surface area contributed by atoms with Crippen LogP contribution in [-0.2, 0) is 14.8 Å². The molecule has 0 aliphatic heterocycles. The van der Waals surface area contributed by atoms with Crippen molar-refractivity contribution in [2.45, 2.75) is 18.7 Å². The van der Waals surface area contributed by atoms with E-state index in [4.69, 9.17) is 5.11 Å². The van der Waals surface area contributed by atoms with Crippen LogP contribution in [0.25, 0.3) is 0 Å². The van der Waals surface area contributed by atoms with Crippen LogP contribution in [0.1, 0.15) is 11.1 Å². The first-order valence-corrected chi connectivity index (χ1v) is 8.41. The van der Waals surface area contributed by atoms with Gasteiger partial charge in [-0.25, -0.2) is 8.42 Å². The lowest BCUT2D eigenvalue weighted by molar-refractivity contribution is -0.118. The number of sulfonamides is 1. The van der Waals surface area contributed by atoms with Gasteiger partial charge < -0.3 is 10.4 Å². The molecule has 0 spiro atoms. The summed E-state index contributed by atoms with van der Waals surface area (Å²) in [6.45, 7) is 3.12. The van der Waals surface area contributed by atoms with Gasteiger partial charge in [-0.3, -0.25) is 9.52 Å². The molecule has 6 nitrogen and oxygen atoms in total. The van der Waals surface area contributed by atoms with E-state index in [-0.39, 0.29) is 4.90 Å². The fourth-order valence-corrected chi connectivity index (χ4v) is 3.09. The number of anilines is 2. The summed E-state index contributed by atoms with van der Waals surface area (Å²) in [4.78, 5) is 11.3. The van der Waals surface area contributed by atoms with Gasteiger partial charge in [-0.15, -0.1) is 0 Å². The van der Waals surface area contributed by atoms with E-state index >= 15 is 0 Å². The molecule has 0 unspecified atom stereocenters. The maximum Gasteiger partial charge on any atom is 0.261 e. The number of rotatable bonds is 5. The Hall–Kier alpha value is -2.38. The first-order chi connectivity index (χ1) is 10.8. The van der Waals surface area contributed by atoms with Gasteiger partial charge in [-0.05, 0) is 55.3 Å². The fraction of sp³-hybridized carbons (Fsp3) is 0.188. The van der Waals surface area contributed by atoms with E-state index in [1.165, 1.54) is 6.07 Å². The molecule has 0 bridgehead atoms. The molecule has 0 heterocycles. The summed E-state index contributed by atoms with van der Waals surface area (Å²) in [5, 5.41) is 11.2. The number of aliphatic hydroxyl groups excluding tert-OH is 1. The largest absolute Gasteiger partial charge is 0.387 e. The molecule has 2 rings (SSSR count). The highest BCUT2D eigenvalue weighted by molar-refractivity contribution is 7.92. The molecule has 0 aromatic heterocycles. The third kappa shape index (κ3) is 4.30. The molecule has 7 heteroatoms. The Morgan fingerprint density at radius 1 is 1.04 bits per heavy atom. The van der Waals surface area contributed by atoms with E-state index in [2.05, 4.69) is 10.0 Å². The van der Waals surface area contributed by atoms with Crippen LogP contribution in [0.5, 0.6) is 0 Å². The number of benzene rings is 2. The third-order valence-electron chi connectivity index (χ3n) is 3.33. The Morgan fingerprint density at radius 2 is 1.74 bits per heavy atom. The highest BCUT2D eigenvalue weighted by atomic mass is 32.2. The molecule has 2 aromatic rings. The van der Waals surface area contributed by atoms with Crippen LogP contribution in [0, 0.1) is 13.8 Å². The number of aliphatic hydroxyl groups is 1. The zero-order valence-electron chi connectivity index (χ0n) is 12.8. The predicted molar refractivity (Wildman–Crippen MR) is 88.9 cm³/mol. The van der Waals surface area contributed by atoms with Gasteiger partial charge in [-0.1, -0.05) is 12.1 Å². The summed E-state index contributed by atoms with van der Waals surface area (Å²) in [5.74, 6) is -0.570. The van der Waals surface area contributed by atoms with Gasteiger partial charge in [0, 0.05) is 5.69 Å². The molecule has 0 atom stereocenters. The second kappa shape index (κ2) is 6.80. The number of carbonyl (C=O) groups is 1. The smallest absolute Gasteiger partial charge is 0.261 e. The van der Waals surface area contributed by atoms with Crippen molar-refractivity contribution in [1.82, 2.24) is 0 Å². The van der Waals surface area contributed by atoms with Crippen molar-refractivity contribution < 1.29 is 18.3 Å². The lowest BCUT2D eigenvalue weighted by Crippen LogP contribution is -2.16. The fourth-order valence-electron chi connectivity index (χ4n) is 1.96. The zero-order valence-corrected chi connectivity index (χ0v) is 13.6. The number of aryl methyl sites for hydroxylation is 2. The number of carbonyl (C=O) groups excluding carboxylic acids is 1. The highest BCUT2D eigenvalue weighted by Crippen LogP contribution is 2.21. The van der Waals surface area contributed by atoms with Crippen LogP contribution in [-0.4, -0.2) is 26.0 Å². The zero-order chi connectivity index (χ0) is 17.0. The van der Waals surface area contributed by atoms with E-state index in [0.29, 0.717) is 11.4 Å². The van der Waals surface area contributed by atoms with Crippen LogP contribution in [0.15, 0.2) is 47.4 Å². The maximum absolute atomic E-state index is 12.4. The number of hydrogen-bond donors (Lipinski definition) is 3. The Kier molecular flexibility index (Phi) is 5.02. The first-order valence-electron chi connectivity index (χ1n) is 6.92. The summed E-state index contributed by atoms with van der Waals surface area (Å²) >= 11 is 0. The summed E-state index contributed by atoms with van der Waals surface area (Å²) in [6.07, 6.45) is 0. The monoisotopic (exact) mass is 334 g/mol. The first kappa shape index (κ1) is 17.0. The molecule has 0 aliphatic carbocycles. The molecule has 0 fully saturated rings. The van der Waals surface area contributed by atoms with Crippen molar-refractivity contribution in [3.8, 4) is 0 Å². The standard InChI is InChI=1S/C16H18N2O4S/c1-11-6-7-15(8-12(11)2)23(21,22)18-14-5-3-4-13(9-14)17-16(20)10-19/h3-9,18-19H,10H2,1-2H3,(H,17,20). The van der Waals surface area contributed by atoms with Crippen LogP contribution >= 0.6 is 0 Å². The second-order valence-corrected chi connectivity index (χ2v) is 6.82. The molecule has 122 valence electrons. The van der Waals surface area contributed by atoms with Crippen LogP contribution in [0.3, 0.4) is 0 Å². The van der Waals surface area contributed by atoms with Gasteiger partial charge in [0.15, 0.2) is 0 Å². The van der Waals surface area contributed by atoms with Gasteiger partial charge in [0.05, 0.1) is 10.6 Å². The summed E-state index contributed by atoms with van der Waals surface area (Å²) < 4.78 is 27.3. The topological polar surface area (TPSA) is 95.5 Å². The normalized spacial score (nSPS) is 11.1. The molecule has 3 N–H and O–H groups in total. The summed E-state index contributed by atoms with van der Waals surface area (Å²) in [6, 6.07) is 11.2. The molecular formula is C16H18N2O4S. The molecule has 0 aliphatic rings. The molecule has 0 radical (unpaired) electrons. The summed E-state index contributed by atoms with van der Waals surface area (Å²) in [5.41, 5.74) is 2.61. The quantitative estimate of drug-likeness (QED) is 0.779. The second-order valence-electron chi connectivity index (χ2n) is 5.14. The van der Waals surface area contributed by atoms with Crippen molar-refractivity contribution in [2.75, 3.05) is 16.6 Å². The van der Waals surface area contributed by atoms with E-state index in [1.54, 1.807) is 36.4 Å². The lowest BCUT2D eigenvalue weighted by Gasteiger charge is -2.11. The average molecular weight is 334 g/mol. The molecule has 2 aromatic carbocycles. The Balaban J connectivity index is 2.25. The molecule has 0 saturated carbocycles. The van der Waals surface area contributed by atoms with Crippen molar-refractivity contribution in [3.63, 3.8) is 0 Å². The van der Waals surface area contributed by atoms with Crippen LogP contribution in [0.2, 0.25) is 0 Å². The Morgan fingerprint density at radius 3 is 2.39 bits per heavy atom. The predicted octanol–water partition coefficient (Wildman–Crippen LogP) is 2.04. The van der Waals surface area contributed by atoms with Gasteiger partial charge in [0.2, 0.25) is 5.91 Å². The lowest BCUT2D eigenvalue weighted by atomic mass is 10.1. The molecule has 1 amide bonds. The van der Waals surface area contributed by atoms with Crippen LogP contribution < -0.4 is 10.0 Å². The molecule has 23 heavy (non-hydrogen) atoms. The minimum absolute atomic E-state index is 0.172. The SMILES string of the molecule is Cc1ccc(S(=O)(=O)Nc2cccc(NC(=O)CO)c2)cc1C. The minimum Gasteiger partial charge on any atom is -0.387 e. The van der Waals surface area contributed by atoms with E-state index in [0.717, 1.165) is 11.1 Å². The average Bonchev–Trinajstić information content (AvgIpc) is 2.49. The van der Waals surface area contributed by atoms with Gasteiger partial charge in [0.25, 0.3) is 10.0 Å². The van der Waals surface area contributed by atoms with Crippen molar-refractivity contribution in [2.24, 2.45) is 0 Å². The van der Waals surface area contributed by atoms with E-state index in [9.17, 15) is 13.2 Å². The van der Waals surface area contributed by atoms with E-state index in [1.807, 2.05) is 13.8 Å². The Bertz CT molecular complexity index is 832. The summed E-state index contributed by atoms with van der Waals surface area (Å²) in [7, 11) is -3.72. The minimum atomic E-state index is -3.72. The van der Waals surface area contributed by atoms with Gasteiger partial charge in [-0.2, -0.15) is 0 Å². The number of hydrogen-bond acceptors (Lipinski definition) is 4. The number of amides is 1. The van der Waals surface area contributed by atoms with Crippen molar-refractivity contribution >= 4 is 27.3 Å². The van der Waals surface area contributed by atoms with Gasteiger partial charge in [0.1, 0.15) is 6.61 Å². The van der Waals surface area contributed by atoms with Crippen molar-refractivity contribution in [1.29, 1.82) is 0 Å². The van der Waals surface area contributed by atoms with E-state index < -0.39 is 22.5 Å².